The second kappa shape index (κ2) is 6.73. The molecule has 3 aliphatic rings. The summed E-state index contributed by atoms with van der Waals surface area (Å²) in [5, 5.41) is 1.31. The van der Waals surface area contributed by atoms with Crippen LogP contribution in [0.2, 0.25) is 0 Å². The van der Waals surface area contributed by atoms with Crippen LogP contribution in [-0.2, 0) is 18.5 Å². The van der Waals surface area contributed by atoms with Gasteiger partial charge in [0.2, 0.25) is 11.4 Å². The number of aromatic nitrogens is 2. The number of aryl methyl sites for hydroxylation is 6. The molecular formula is C33H30N2O+2. The van der Waals surface area contributed by atoms with Crippen molar-refractivity contribution in [1.82, 2.24) is 0 Å². The van der Waals surface area contributed by atoms with Crippen LogP contribution in [0.25, 0.3) is 33.5 Å². The molecule has 5 heterocycles. The Bertz CT molecular complexity index is 1790. The lowest BCUT2D eigenvalue weighted by Gasteiger charge is -2.18. The molecule has 0 saturated carbocycles. The van der Waals surface area contributed by atoms with Crippen molar-refractivity contribution in [1.29, 1.82) is 0 Å². The van der Waals surface area contributed by atoms with Crippen molar-refractivity contribution in [3.63, 3.8) is 0 Å². The molecule has 0 fully saturated rings. The van der Waals surface area contributed by atoms with Crippen LogP contribution < -0.4 is 9.13 Å². The van der Waals surface area contributed by atoms with Crippen LogP contribution >= 0.6 is 0 Å². The highest BCUT2D eigenvalue weighted by Crippen LogP contribution is 2.50. The van der Waals surface area contributed by atoms with Gasteiger partial charge < -0.3 is 4.42 Å². The minimum atomic E-state index is -0.477. The number of hydrogen-bond donors (Lipinski definition) is 0. The molecule has 0 amide bonds. The zero-order valence-electron chi connectivity index (χ0n) is 21.4. The van der Waals surface area contributed by atoms with E-state index < -0.39 is 5.66 Å². The van der Waals surface area contributed by atoms with Crippen LogP contribution in [0.5, 0.6) is 0 Å². The third kappa shape index (κ3) is 2.30. The molecular weight excluding hydrogens is 440 g/mol. The molecule has 5 aromatic rings. The molecule has 1 atom stereocenters. The lowest BCUT2D eigenvalue weighted by Crippen LogP contribution is -2.71. The molecule has 0 radical (unpaired) electrons. The number of furan rings is 1. The quantitative estimate of drug-likeness (QED) is 0.236. The average molecular weight is 471 g/mol. The number of nitrogens with zero attached hydrogens (tertiary/aromatic N) is 2. The summed E-state index contributed by atoms with van der Waals surface area (Å²) in [5.74, 6) is 1.20. The lowest BCUT2D eigenvalue weighted by atomic mass is 9.87. The van der Waals surface area contributed by atoms with Crippen molar-refractivity contribution < 1.29 is 13.6 Å². The van der Waals surface area contributed by atoms with Gasteiger partial charge in [-0.05, 0) is 82.3 Å². The van der Waals surface area contributed by atoms with Crippen LogP contribution in [0.1, 0.15) is 57.5 Å². The van der Waals surface area contributed by atoms with Crippen LogP contribution in [0.4, 0.5) is 0 Å². The summed E-state index contributed by atoms with van der Waals surface area (Å²) in [4.78, 5) is 0. The highest BCUT2D eigenvalue weighted by atomic mass is 16.3. The van der Waals surface area contributed by atoms with E-state index in [-0.39, 0.29) is 0 Å². The van der Waals surface area contributed by atoms with E-state index in [0.717, 1.165) is 18.4 Å². The highest BCUT2D eigenvalue weighted by molar-refractivity contribution is 5.97. The van der Waals surface area contributed by atoms with E-state index in [0.29, 0.717) is 0 Å². The van der Waals surface area contributed by atoms with E-state index >= 15 is 0 Å². The molecule has 0 saturated heterocycles. The molecule has 0 N–H and O–H groups in total. The van der Waals surface area contributed by atoms with Gasteiger partial charge in [-0.15, -0.1) is 9.13 Å². The first-order chi connectivity index (χ1) is 17.5. The van der Waals surface area contributed by atoms with E-state index in [1.165, 1.54) is 85.4 Å². The molecule has 36 heavy (non-hydrogen) atoms. The van der Waals surface area contributed by atoms with Gasteiger partial charge in [0.05, 0.1) is 5.56 Å². The van der Waals surface area contributed by atoms with Crippen LogP contribution in [-0.4, -0.2) is 0 Å². The zero-order chi connectivity index (χ0) is 24.3. The normalized spacial score (nSPS) is 18.8. The Morgan fingerprint density at radius 2 is 1.58 bits per heavy atom. The van der Waals surface area contributed by atoms with E-state index in [1.54, 1.807) is 0 Å². The molecule has 0 bridgehead atoms. The van der Waals surface area contributed by atoms with Gasteiger partial charge in [0.25, 0.3) is 0 Å². The maximum Gasteiger partial charge on any atom is 0.417 e. The first kappa shape index (κ1) is 20.5. The second-order valence-corrected chi connectivity index (χ2v) is 11.2. The lowest BCUT2D eigenvalue weighted by molar-refractivity contribution is -0.955. The number of rotatable bonds is 0. The van der Waals surface area contributed by atoms with Crippen molar-refractivity contribution in [2.75, 3.05) is 0 Å². The molecule has 3 heteroatoms. The Balaban J connectivity index is 1.59. The Hall–Kier alpha value is -3.72. The summed E-state index contributed by atoms with van der Waals surface area (Å²) >= 11 is 0. The molecule has 176 valence electrons. The Labute approximate surface area is 211 Å². The van der Waals surface area contributed by atoms with Crippen molar-refractivity contribution in [3.8, 4) is 22.5 Å². The van der Waals surface area contributed by atoms with Crippen LogP contribution in [0.15, 0.2) is 65.3 Å². The summed E-state index contributed by atoms with van der Waals surface area (Å²) in [7, 11) is 0. The topological polar surface area (TPSA) is 20.9 Å². The zero-order valence-corrected chi connectivity index (χ0v) is 21.4. The number of pyridine rings is 2. The Morgan fingerprint density at radius 1 is 0.750 bits per heavy atom. The van der Waals surface area contributed by atoms with Crippen LogP contribution in [0, 0.1) is 27.7 Å². The second-order valence-electron chi connectivity index (χ2n) is 11.2. The van der Waals surface area contributed by atoms with Crippen LogP contribution in [0.3, 0.4) is 0 Å². The summed E-state index contributed by atoms with van der Waals surface area (Å²) in [5.41, 5.74) is 15.0. The maximum absolute atomic E-state index is 6.75. The first-order valence-electron chi connectivity index (χ1n) is 13.2. The summed E-state index contributed by atoms with van der Waals surface area (Å²) in [6.45, 7) is 8.85. The predicted octanol–water partition coefficient (Wildman–Crippen LogP) is 6.38. The summed E-state index contributed by atoms with van der Waals surface area (Å²) < 4.78 is 11.8. The summed E-state index contributed by atoms with van der Waals surface area (Å²) in [6, 6.07) is 18.7. The fourth-order valence-electron chi connectivity index (χ4n) is 7.13. The summed E-state index contributed by atoms with van der Waals surface area (Å²) in [6.07, 6.45) is 9.30. The maximum atomic E-state index is 6.75. The molecule has 3 aromatic heterocycles. The molecule has 1 aliphatic carbocycles. The van der Waals surface area contributed by atoms with Gasteiger partial charge in [-0.3, -0.25) is 0 Å². The molecule has 1 spiro atoms. The first-order valence-corrected chi connectivity index (χ1v) is 13.2. The van der Waals surface area contributed by atoms with E-state index in [4.69, 9.17) is 4.42 Å². The molecule has 8 rings (SSSR count). The minimum absolute atomic E-state index is 0.477. The van der Waals surface area contributed by atoms with Gasteiger partial charge in [0.1, 0.15) is 28.0 Å². The smallest absolute Gasteiger partial charge is 0.417 e. The number of benzene rings is 2. The third-order valence-corrected chi connectivity index (χ3v) is 8.95. The fourth-order valence-corrected chi connectivity index (χ4v) is 7.13. The standard InChI is InChI=1S/C33H30N2O/c1-19-9-10-25-27(15-19)33(35-18-22(4)21(3)17-28(25)35)26-12-11-24-23-7-5-6-8-30(23)36-32(24)31(26)29-16-20(2)13-14-34(29)33/h9-18H,5-8H2,1-4H3/q+2. The molecule has 2 aromatic carbocycles. The van der Waals surface area contributed by atoms with Gasteiger partial charge >= 0.3 is 5.66 Å². The largest absolute Gasteiger partial charge is 0.460 e. The number of fused-ring (bicyclic) bond motifs is 14. The van der Waals surface area contributed by atoms with Gasteiger partial charge in [-0.2, -0.15) is 0 Å². The van der Waals surface area contributed by atoms with Crippen molar-refractivity contribution >= 4 is 11.0 Å². The van der Waals surface area contributed by atoms with E-state index in [1.807, 2.05) is 0 Å². The van der Waals surface area contributed by atoms with E-state index in [2.05, 4.69) is 97.8 Å². The Kier molecular flexibility index (Phi) is 3.83. The van der Waals surface area contributed by atoms with Gasteiger partial charge in [0, 0.05) is 41.1 Å². The van der Waals surface area contributed by atoms with Crippen molar-refractivity contribution in [3.05, 3.63) is 106 Å². The molecule has 1 unspecified atom stereocenters. The minimum Gasteiger partial charge on any atom is -0.460 e. The Morgan fingerprint density at radius 3 is 2.47 bits per heavy atom. The van der Waals surface area contributed by atoms with Gasteiger partial charge in [-0.1, -0.05) is 11.6 Å². The fraction of sp³-hybridized carbons (Fsp3) is 0.273. The predicted molar refractivity (Wildman–Crippen MR) is 141 cm³/mol. The third-order valence-electron chi connectivity index (χ3n) is 8.95. The number of hydrogen-bond acceptors (Lipinski definition) is 1. The molecule has 2 aliphatic heterocycles. The average Bonchev–Trinajstić information content (AvgIpc) is 3.47. The highest BCUT2D eigenvalue weighted by Gasteiger charge is 2.67. The van der Waals surface area contributed by atoms with Crippen molar-refractivity contribution in [2.45, 2.75) is 59.0 Å². The van der Waals surface area contributed by atoms with Gasteiger partial charge in [-0.25, -0.2) is 0 Å². The van der Waals surface area contributed by atoms with Crippen molar-refractivity contribution in [2.24, 2.45) is 0 Å². The van der Waals surface area contributed by atoms with E-state index in [9.17, 15) is 0 Å². The monoisotopic (exact) mass is 470 g/mol. The SMILES string of the molecule is Cc1ccc2c(c1)C1(c3ccc4c5c(oc4c3-c3cc(C)cc[n+]31)CCCC5)[n+]1cc(C)c(C)cc1-2. The molecule has 3 nitrogen and oxygen atoms in total. The van der Waals surface area contributed by atoms with Gasteiger partial charge in [0.15, 0.2) is 12.4 Å².